The number of urea groups is 1. The average molecular weight is 286 g/mol. The standard InChI is InChI=1S/C13H13F3N2O2/c14-13(15,16)9-3-1-4-10(7-9)17-12(20)18-6-2-5-11(19)8-18/h1,3-4,7H,2,5-6,8H2,(H,17,20). The number of anilines is 1. The molecule has 7 heteroatoms. The molecule has 1 heterocycles. The number of rotatable bonds is 1. The molecular weight excluding hydrogens is 273 g/mol. The van der Waals surface area contributed by atoms with Crippen molar-refractivity contribution in [3.63, 3.8) is 0 Å². The predicted molar refractivity (Wildman–Crippen MR) is 66.3 cm³/mol. The van der Waals surface area contributed by atoms with E-state index in [-0.39, 0.29) is 18.0 Å². The summed E-state index contributed by atoms with van der Waals surface area (Å²) in [5.41, 5.74) is -0.770. The number of hydrogen-bond acceptors (Lipinski definition) is 2. The van der Waals surface area contributed by atoms with Gasteiger partial charge in [0.2, 0.25) is 0 Å². The number of likely N-dealkylation sites (tertiary alicyclic amines) is 1. The number of piperidine rings is 1. The van der Waals surface area contributed by atoms with E-state index >= 15 is 0 Å². The summed E-state index contributed by atoms with van der Waals surface area (Å²) in [7, 11) is 0. The minimum absolute atomic E-state index is 0.00476. The lowest BCUT2D eigenvalue weighted by atomic mass is 10.1. The molecule has 0 aromatic heterocycles. The van der Waals surface area contributed by atoms with Crippen molar-refractivity contribution < 1.29 is 22.8 Å². The fourth-order valence-electron chi connectivity index (χ4n) is 1.99. The summed E-state index contributed by atoms with van der Waals surface area (Å²) in [5, 5.41) is 2.38. The molecule has 4 nitrogen and oxygen atoms in total. The first-order chi connectivity index (χ1) is 9.36. The second-order valence-corrected chi connectivity index (χ2v) is 4.57. The highest BCUT2D eigenvalue weighted by atomic mass is 19.4. The molecule has 1 aliphatic heterocycles. The van der Waals surface area contributed by atoms with Crippen LogP contribution in [0, 0.1) is 0 Å². The van der Waals surface area contributed by atoms with Gasteiger partial charge < -0.3 is 10.2 Å². The highest BCUT2D eigenvalue weighted by Gasteiger charge is 2.30. The van der Waals surface area contributed by atoms with Crippen LogP contribution in [0.4, 0.5) is 23.7 Å². The zero-order valence-corrected chi connectivity index (χ0v) is 10.5. The van der Waals surface area contributed by atoms with Crippen LogP contribution >= 0.6 is 0 Å². The molecular formula is C13H13F3N2O2. The fraction of sp³-hybridized carbons (Fsp3) is 0.385. The van der Waals surface area contributed by atoms with Gasteiger partial charge in [-0.05, 0) is 24.6 Å². The number of Topliss-reactive ketones (excluding diaryl/α,β-unsaturated/α-hetero) is 1. The number of benzene rings is 1. The van der Waals surface area contributed by atoms with E-state index in [1.807, 2.05) is 0 Å². The van der Waals surface area contributed by atoms with Crippen LogP contribution in [0.5, 0.6) is 0 Å². The van der Waals surface area contributed by atoms with Crippen LogP contribution in [0.2, 0.25) is 0 Å². The van der Waals surface area contributed by atoms with Crippen LogP contribution in [-0.2, 0) is 11.0 Å². The first-order valence-electron chi connectivity index (χ1n) is 6.11. The van der Waals surface area contributed by atoms with Gasteiger partial charge in [0.1, 0.15) is 0 Å². The van der Waals surface area contributed by atoms with E-state index in [2.05, 4.69) is 5.32 Å². The third kappa shape index (κ3) is 3.49. The molecule has 0 bridgehead atoms. The molecule has 2 amide bonds. The number of ketones is 1. The van der Waals surface area contributed by atoms with E-state index < -0.39 is 17.8 Å². The molecule has 1 saturated heterocycles. The Morgan fingerprint density at radius 2 is 2.05 bits per heavy atom. The second-order valence-electron chi connectivity index (χ2n) is 4.57. The Morgan fingerprint density at radius 1 is 1.30 bits per heavy atom. The summed E-state index contributed by atoms with van der Waals surface area (Å²) in [6.07, 6.45) is -3.44. The van der Waals surface area contributed by atoms with Crippen LogP contribution in [0.1, 0.15) is 18.4 Å². The number of nitrogens with zero attached hydrogens (tertiary/aromatic N) is 1. The van der Waals surface area contributed by atoms with Crippen molar-refractivity contribution >= 4 is 17.5 Å². The Hall–Kier alpha value is -2.05. The van der Waals surface area contributed by atoms with Gasteiger partial charge in [-0.25, -0.2) is 4.79 Å². The van der Waals surface area contributed by atoms with Crippen molar-refractivity contribution in [1.82, 2.24) is 4.90 Å². The molecule has 1 aliphatic rings. The van der Waals surface area contributed by atoms with Gasteiger partial charge in [-0.15, -0.1) is 0 Å². The van der Waals surface area contributed by atoms with Crippen LogP contribution in [0.25, 0.3) is 0 Å². The smallest absolute Gasteiger partial charge is 0.317 e. The zero-order valence-electron chi connectivity index (χ0n) is 10.5. The number of alkyl halides is 3. The van der Waals surface area contributed by atoms with Crippen LogP contribution in [-0.4, -0.2) is 29.8 Å². The molecule has 0 atom stereocenters. The first kappa shape index (κ1) is 14.4. The van der Waals surface area contributed by atoms with E-state index in [0.29, 0.717) is 19.4 Å². The summed E-state index contributed by atoms with van der Waals surface area (Å²) in [4.78, 5) is 24.4. The Labute approximate surface area is 113 Å². The highest BCUT2D eigenvalue weighted by molar-refractivity contribution is 5.93. The van der Waals surface area contributed by atoms with Crippen molar-refractivity contribution in [1.29, 1.82) is 0 Å². The average Bonchev–Trinajstić information content (AvgIpc) is 2.38. The van der Waals surface area contributed by atoms with E-state index in [1.165, 1.54) is 17.0 Å². The summed E-state index contributed by atoms with van der Waals surface area (Å²) in [6.45, 7) is 0.432. The van der Waals surface area contributed by atoms with E-state index in [4.69, 9.17) is 0 Å². The quantitative estimate of drug-likeness (QED) is 0.863. The van der Waals surface area contributed by atoms with Crippen LogP contribution in [0.3, 0.4) is 0 Å². The lowest BCUT2D eigenvalue weighted by molar-refractivity contribution is -0.137. The molecule has 1 N–H and O–H groups in total. The number of carbonyl (C=O) groups excluding carboxylic acids is 2. The SMILES string of the molecule is O=C1CCCN(C(=O)Nc2cccc(C(F)(F)F)c2)C1. The molecule has 2 rings (SSSR count). The molecule has 0 spiro atoms. The predicted octanol–water partition coefficient (Wildman–Crippen LogP) is 2.90. The first-order valence-corrected chi connectivity index (χ1v) is 6.11. The molecule has 0 aliphatic carbocycles. The van der Waals surface area contributed by atoms with Crippen LogP contribution in [0.15, 0.2) is 24.3 Å². The molecule has 108 valence electrons. The summed E-state index contributed by atoms with van der Waals surface area (Å²) >= 11 is 0. The van der Waals surface area contributed by atoms with Gasteiger partial charge in [-0.2, -0.15) is 13.2 Å². The lowest BCUT2D eigenvalue weighted by Crippen LogP contribution is -2.42. The number of amides is 2. The third-order valence-corrected chi connectivity index (χ3v) is 2.98. The maximum atomic E-state index is 12.5. The maximum absolute atomic E-state index is 12.5. The normalized spacial score (nSPS) is 16.1. The lowest BCUT2D eigenvalue weighted by Gasteiger charge is -2.26. The van der Waals surface area contributed by atoms with Gasteiger partial charge in [0.05, 0.1) is 12.1 Å². The molecule has 0 unspecified atom stereocenters. The zero-order chi connectivity index (χ0) is 14.8. The Bertz CT molecular complexity index is 529. The molecule has 1 aromatic carbocycles. The number of carbonyl (C=O) groups is 2. The summed E-state index contributed by atoms with van der Waals surface area (Å²) in [6, 6.07) is 3.83. The van der Waals surface area contributed by atoms with Crippen LogP contribution < -0.4 is 5.32 Å². The van der Waals surface area contributed by atoms with Crippen molar-refractivity contribution in [3.05, 3.63) is 29.8 Å². The molecule has 1 aromatic rings. The summed E-state index contributed by atoms with van der Waals surface area (Å²) in [5.74, 6) is -0.0459. The third-order valence-electron chi connectivity index (χ3n) is 2.98. The topological polar surface area (TPSA) is 49.4 Å². The van der Waals surface area contributed by atoms with E-state index in [0.717, 1.165) is 12.1 Å². The van der Waals surface area contributed by atoms with Gasteiger partial charge >= 0.3 is 12.2 Å². The minimum atomic E-state index is -4.46. The maximum Gasteiger partial charge on any atom is 0.416 e. The Kier molecular flexibility index (Phi) is 3.96. The van der Waals surface area contributed by atoms with Crippen molar-refractivity contribution in [2.45, 2.75) is 19.0 Å². The molecule has 20 heavy (non-hydrogen) atoms. The summed E-state index contributed by atoms with van der Waals surface area (Å²) < 4.78 is 37.6. The molecule has 0 saturated carbocycles. The molecule has 1 fully saturated rings. The number of hydrogen-bond donors (Lipinski definition) is 1. The van der Waals surface area contributed by atoms with Gasteiger partial charge in [0, 0.05) is 18.7 Å². The number of halogens is 3. The molecule has 0 radical (unpaired) electrons. The Balaban J connectivity index is 2.06. The van der Waals surface area contributed by atoms with Crippen molar-refractivity contribution in [3.8, 4) is 0 Å². The van der Waals surface area contributed by atoms with Gasteiger partial charge in [-0.3, -0.25) is 4.79 Å². The van der Waals surface area contributed by atoms with Crippen molar-refractivity contribution in [2.75, 3.05) is 18.4 Å². The largest absolute Gasteiger partial charge is 0.416 e. The van der Waals surface area contributed by atoms with Gasteiger partial charge in [-0.1, -0.05) is 6.07 Å². The fourth-order valence-corrected chi connectivity index (χ4v) is 1.99. The van der Waals surface area contributed by atoms with Crippen molar-refractivity contribution in [2.24, 2.45) is 0 Å². The van der Waals surface area contributed by atoms with E-state index in [1.54, 1.807) is 0 Å². The Morgan fingerprint density at radius 3 is 2.70 bits per heavy atom. The minimum Gasteiger partial charge on any atom is -0.317 e. The number of nitrogens with one attached hydrogen (secondary N) is 1. The van der Waals surface area contributed by atoms with Gasteiger partial charge in [0.25, 0.3) is 0 Å². The highest BCUT2D eigenvalue weighted by Crippen LogP contribution is 2.30. The van der Waals surface area contributed by atoms with E-state index in [9.17, 15) is 22.8 Å². The van der Waals surface area contributed by atoms with Gasteiger partial charge in [0.15, 0.2) is 5.78 Å². The monoisotopic (exact) mass is 286 g/mol. The second kappa shape index (κ2) is 5.52.